The fourth-order valence-corrected chi connectivity index (χ4v) is 2.50. The molecule has 1 aliphatic heterocycles. The Morgan fingerprint density at radius 1 is 1.41 bits per heavy atom. The molecule has 2 fully saturated rings. The number of carbonyl (C=O) groups is 1. The number of nitrogens with one attached hydrogen (secondary N) is 1. The zero-order valence-electron chi connectivity index (χ0n) is 10.8. The Morgan fingerprint density at radius 2 is 2.24 bits per heavy atom. The molecule has 1 N–H and O–H groups in total. The van der Waals surface area contributed by atoms with Crippen molar-refractivity contribution < 1.29 is 9.53 Å². The molecule has 17 heavy (non-hydrogen) atoms. The minimum Gasteiger partial charge on any atom is -0.385 e. The summed E-state index contributed by atoms with van der Waals surface area (Å²) in [5.74, 6) is 0.318. The minimum atomic E-state index is 0.318. The fourth-order valence-electron chi connectivity index (χ4n) is 2.50. The molecule has 4 nitrogen and oxygen atoms in total. The van der Waals surface area contributed by atoms with Crippen LogP contribution in [0, 0.1) is 0 Å². The highest BCUT2D eigenvalue weighted by Gasteiger charge is 2.33. The van der Waals surface area contributed by atoms with E-state index >= 15 is 0 Å². The Bertz CT molecular complexity index is 248. The van der Waals surface area contributed by atoms with E-state index in [1.165, 1.54) is 25.7 Å². The fraction of sp³-hybridized carbons (Fsp3) is 0.923. The van der Waals surface area contributed by atoms with E-state index in [9.17, 15) is 4.79 Å². The van der Waals surface area contributed by atoms with E-state index in [2.05, 4.69) is 10.2 Å². The Hall–Kier alpha value is -0.610. The van der Waals surface area contributed by atoms with Gasteiger partial charge in [-0.3, -0.25) is 4.79 Å². The Kier molecular flexibility index (Phi) is 4.80. The van der Waals surface area contributed by atoms with Crippen molar-refractivity contribution in [1.29, 1.82) is 0 Å². The standard InChI is InChI=1S/C13H24N2O2/c1-17-9-3-5-13(16)15(12-6-7-12)10-11-4-2-8-14-11/h11-12,14H,2-10H2,1H3. The lowest BCUT2D eigenvalue weighted by atomic mass is 10.2. The second-order valence-corrected chi connectivity index (χ2v) is 5.17. The highest BCUT2D eigenvalue weighted by atomic mass is 16.5. The summed E-state index contributed by atoms with van der Waals surface area (Å²) in [6.45, 7) is 2.71. The molecule has 1 amide bonds. The second kappa shape index (κ2) is 6.36. The van der Waals surface area contributed by atoms with Gasteiger partial charge in [-0.05, 0) is 38.6 Å². The molecular formula is C13H24N2O2. The van der Waals surface area contributed by atoms with Crippen molar-refractivity contribution in [3.05, 3.63) is 0 Å². The number of hydrogen-bond donors (Lipinski definition) is 1. The SMILES string of the molecule is COCCCC(=O)N(CC1CCCN1)C1CC1. The van der Waals surface area contributed by atoms with Crippen LogP contribution >= 0.6 is 0 Å². The topological polar surface area (TPSA) is 41.6 Å². The number of amides is 1. The molecule has 1 heterocycles. The van der Waals surface area contributed by atoms with Gasteiger partial charge in [-0.25, -0.2) is 0 Å². The maximum Gasteiger partial charge on any atom is 0.222 e. The number of rotatable bonds is 7. The summed E-state index contributed by atoms with van der Waals surface area (Å²) in [4.78, 5) is 14.2. The van der Waals surface area contributed by atoms with Crippen molar-refractivity contribution in [2.24, 2.45) is 0 Å². The van der Waals surface area contributed by atoms with Crippen LogP contribution < -0.4 is 5.32 Å². The van der Waals surface area contributed by atoms with Crippen molar-refractivity contribution in [3.63, 3.8) is 0 Å². The summed E-state index contributed by atoms with van der Waals surface area (Å²) >= 11 is 0. The van der Waals surface area contributed by atoms with E-state index < -0.39 is 0 Å². The molecule has 0 aromatic heterocycles. The Morgan fingerprint density at radius 3 is 2.82 bits per heavy atom. The van der Waals surface area contributed by atoms with E-state index in [4.69, 9.17) is 4.74 Å². The van der Waals surface area contributed by atoms with Crippen LogP contribution in [0.15, 0.2) is 0 Å². The van der Waals surface area contributed by atoms with Crippen LogP contribution in [0.4, 0.5) is 0 Å². The number of nitrogens with zero attached hydrogens (tertiary/aromatic N) is 1. The van der Waals surface area contributed by atoms with Gasteiger partial charge in [0.05, 0.1) is 0 Å². The molecule has 1 saturated carbocycles. The van der Waals surface area contributed by atoms with Crippen LogP contribution in [0.1, 0.15) is 38.5 Å². The van der Waals surface area contributed by atoms with Crippen LogP contribution in [0.3, 0.4) is 0 Å². The molecule has 0 bridgehead atoms. The lowest BCUT2D eigenvalue weighted by molar-refractivity contribution is -0.132. The molecule has 4 heteroatoms. The van der Waals surface area contributed by atoms with Crippen LogP contribution in [0.25, 0.3) is 0 Å². The summed E-state index contributed by atoms with van der Waals surface area (Å²) in [5, 5.41) is 3.47. The van der Waals surface area contributed by atoms with Crippen LogP contribution in [0.2, 0.25) is 0 Å². The van der Waals surface area contributed by atoms with E-state index in [-0.39, 0.29) is 0 Å². The molecule has 1 unspecified atom stereocenters. The van der Waals surface area contributed by atoms with Crippen molar-refractivity contribution in [3.8, 4) is 0 Å². The summed E-state index contributed by atoms with van der Waals surface area (Å²) in [5.41, 5.74) is 0. The van der Waals surface area contributed by atoms with Crippen LogP contribution in [0.5, 0.6) is 0 Å². The number of carbonyl (C=O) groups excluding carboxylic acids is 1. The van der Waals surface area contributed by atoms with Gasteiger partial charge in [0.15, 0.2) is 0 Å². The highest BCUT2D eigenvalue weighted by Crippen LogP contribution is 2.28. The van der Waals surface area contributed by atoms with Gasteiger partial charge in [0.25, 0.3) is 0 Å². The lowest BCUT2D eigenvalue weighted by Gasteiger charge is -2.26. The quantitative estimate of drug-likeness (QED) is 0.679. The first-order chi connectivity index (χ1) is 8.31. The summed E-state index contributed by atoms with van der Waals surface area (Å²) in [7, 11) is 1.69. The Balaban J connectivity index is 1.76. The first-order valence-electron chi connectivity index (χ1n) is 6.83. The van der Waals surface area contributed by atoms with Crippen molar-refractivity contribution in [2.75, 3.05) is 26.8 Å². The van der Waals surface area contributed by atoms with Crippen molar-refractivity contribution in [1.82, 2.24) is 10.2 Å². The molecule has 0 aromatic rings. The average Bonchev–Trinajstić information content (AvgIpc) is 3.03. The molecule has 1 saturated heterocycles. The first-order valence-corrected chi connectivity index (χ1v) is 6.83. The largest absolute Gasteiger partial charge is 0.385 e. The Labute approximate surface area is 104 Å². The zero-order chi connectivity index (χ0) is 12.1. The predicted molar refractivity (Wildman–Crippen MR) is 66.9 cm³/mol. The van der Waals surface area contributed by atoms with Gasteiger partial charge in [-0.15, -0.1) is 0 Å². The predicted octanol–water partition coefficient (Wildman–Crippen LogP) is 1.16. The van der Waals surface area contributed by atoms with Gasteiger partial charge in [0.1, 0.15) is 0 Å². The molecule has 2 rings (SSSR count). The maximum atomic E-state index is 12.1. The van der Waals surface area contributed by atoms with Gasteiger partial charge in [0.2, 0.25) is 5.91 Å². The molecule has 2 aliphatic rings. The monoisotopic (exact) mass is 240 g/mol. The zero-order valence-corrected chi connectivity index (χ0v) is 10.8. The third kappa shape index (κ3) is 3.96. The van der Waals surface area contributed by atoms with E-state index in [1.54, 1.807) is 7.11 Å². The molecule has 1 atom stereocenters. The van der Waals surface area contributed by atoms with Crippen LogP contribution in [-0.4, -0.2) is 49.7 Å². The highest BCUT2D eigenvalue weighted by molar-refractivity contribution is 5.76. The molecule has 0 spiro atoms. The van der Waals surface area contributed by atoms with Gasteiger partial charge < -0.3 is 15.0 Å². The van der Waals surface area contributed by atoms with E-state index in [1.807, 2.05) is 0 Å². The third-order valence-corrected chi connectivity index (χ3v) is 3.63. The molecule has 1 aliphatic carbocycles. The van der Waals surface area contributed by atoms with Crippen LogP contribution in [-0.2, 0) is 9.53 Å². The maximum absolute atomic E-state index is 12.1. The second-order valence-electron chi connectivity index (χ2n) is 5.17. The number of ether oxygens (including phenoxy) is 1. The van der Waals surface area contributed by atoms with Gasteiger partial charge in [0, 0.05) is 38.8 Å². The smallest absolute Gasteiger partial charge is 0.222 e. The first kappa shape index (κ1) is 12.8. The molecular weight excluding hydrogens is 216 g/mol. The minimum absolute atomic E-state index is 0.318. The summed E-state index contributed by atoms with van der Waals surface area (Å²) in [6.07, 6.45) is 6.34. The van der Waals surface area contributed by atoms with E-state index in [0.29, 0.717) is 31.0 Å². The number of hydrogen-bond acceptors (Lipinski definition) is 3. The summed E-state index contributed by atoms with van der Waals surface area (Å²) < 4.78 is 5.00. The van der Waals surface area contributed by atoms with Gasteiger partial charge >= 0.3 is 0 Å². The summed E-state index contributed by atoms with van der Waals surface area (Å²) in [6, 6.07) is 1.06. The van der Waals surface area contributed by atoms with Gasteiger partial charge in [-0.2, -0.15) is 0 Å². The molecule has 0 radical (unpaired) electrons. The molecule has 98 valence electrons. The van der Waals surface area contributed by atoms with E-state index in [0.717, 1.165) is 19.5 Å². The third-order valence-electron chi connectivity index (χ3n) is 3.63. The van der Waals surface area contributed by atoms with Crippen molar-refractivity contribution >= 4 is 5.91 Å². The lowest BCUT2D eigenvalue weighted by Crippen LogP contribution is -2.42. The van der Waals surface area contributed by atoms with Gasteiger partial charge in [-0.1, -0.05) is 0 Å². The van der Waals surface area contributed by atoms with Crippen molar-refractivity contribution in [2.45, 2.75) is 50.6 Å². The number of methoxy groups -OCH3 is 1. The average molecular weight is 240 g/mol. The normalized spacial score (nSPS) is 23.9. The molecule has 0 aromatic carbocycles.